The van der Waals surface area contributed by atoms with Crippen molar-refractivity contribution in [2.24, 2.45) is 5.41 Å². The number of methoxy groups -OCH3 is 1. The first-order chi connectivity index (χ1) is 9.91. The molecule has 0 amide bonds. The summed E-state index contributed by atoms with van der Waals surface area (Å²) in [6.45, 7) is 4.37. The van der Waals surface area contributed by atoms with E-state index in [0.717, 1.165) is 35.5 Å². The van der Waals surface area contributed by atoms with Crippen molar-refractivity contribution < 1.29 is 9.84 Å². The molecule has 4 heteroatoms. The molecule has 1 heterocycles. The summed E-state index contributed by atoms with van der Waals surface area (Å²) in [5, 5.41) is 11.0. The molecule has 1 aliphatic rings. The van der Waals surface area contributed by atoms with Gasteiger partial charge in [0.25, 0.3) is 0 Å². The Bertz CT molecular complexity index is 675. The van der Waals surface area contributed by atoms with Crippen LogP contribution in [-0.2, 0) is 6.42 Å². The van der Waals surface area contributed by atoms with Crippen molar-refractivity contribution >= 4 is 11.6 Å². The average Bonchev–Trinajstić information content (AvgIpc) is 2.80. The van der Waals surface area contributed by atoms with E-state index in [4.69, 9.17) is 16.3 Å². The van der Waals surface area contributed by atoms with E-state index in [0.29, 0.717) is 5.02 Å². The molecule has 21 heavy (non-hydrogen) atoms. The summed E-state index contributed by atoms with van der Waals surface area (Å²) in [5.74, 6) is 0.774. The first-order valence-electron chi connectivity index (χ1n) is 7.13. The zero-order valence-corrected chi connectivity index (χ0v) is 13.3. The quantitative estimate of drug-likeness (QED) is 0.904. The number of hydrogen-bond acceptors (Lipinski definition) is 2. The number of aliphatic hydroxyl groups is 1. The van der Waals surface area contributed by atoms with E-state index in [2.05, 4.69) is 18.4 Å². The summed E-state index contributed by atoms with van der Waals surface area (Å²) in [6.07, 6.45) is 3.29. The fourth-order valence-corrected chi connectivity index (χ4v) is 3.37. The molecule has 1 aromatic carbocycles. The summed E-state index contributed by atoms with van der Waals surface area (Å²) < 4.78 is 7.54. The molecular formula is C17H20ClNO2. The standard InChI is InChI=1S/C17H20ClNO2/c1-17(2)9-14-12(15(20)10-17)6-7-19(14)13-8-11(18)4-5-16(13)21-3/h4-8,15,20H,9-10H2,1-3H3. The molecule has 0 spiro atoms. The van der Waals surface area contributed by atoms with Crippen LogP contribution in [0.5, 0.6) is 5.75 Å². The lowest BCUT2D eigenvalue weighted by Gasteiger charge is -2.34. The number of nitrogens with zero attached hydrogens (tertiary/aromatic N) is 1. The van der Waals surface area contributed by atoms with Crippen LogP contribution in [0.1, 0.15) is 37.6 Å². The zero-order valence-electron chi connectivity index (χ0n) is 12.6. The third-order valence-electron chi connectivity index (χ3n) is 4.18. The molecule has 0 bridgehead atoms. The predicted octanol–water partition coefficient (Wildman–Crippen LogP) is 4.15. The zero-order chi connectivity index (χ0) is 15.2. The van der Waals surface area contributed by atoms with Gasteiger partial charge in [-0.25, -0.2) is 0 Å². The molecule has 1 N–H and O–H groups in total. The van der Waals surface area contributed by atoms with Crippen molar-refractivity contribution in [3.8, 4) is 11.4 Å². The highest BCUT2D eigenvalue weighted by Gasteiger charge is 2.33. The molecule has 1 aromatic heterocycles. The lowest BCUT2D eigenvalue weighted by Crippen LogP contribution is -2.26. The molecular weight excluding hydrogens is 286 g/mol. The van der Waals surface area contributed by atoms with E-state index in [1.54, 1.807) is 7.11 Å². The van der Waals surface area contributed by atoms with Gasteiger partial charge in [0.05, 0.1) is 18.9 Å². The highest BCUT2D eigenvalue weighted by molar-refractivity contribution is 6.30. The molecule has 1 atom stereocenters. The summed E-state index contributed by atoms with van der Waals surface area (Å²) in [6, 6.07) is 7.58. The summed E-state index contributed by atoms with van der Waals surface area (Å²) in [7, 11) is 1.65. The Labute approximate surface area is 130 Å². The van der Waals surface area contributed by atoms with E-state index in [1.807, 2.05) is 30.5 Å². The molecule has 1 unspecified atom stereocenters. The minimum atomic E-state index is -0.407. The second-order valence-electron chi connectivity index (χ2n) is 6.46. The minimum absolute atomic E-state index is 0.0777. The first kappa shape index (κ1) is 14.5. The molecule has 2 aromatic rings. The molecule has 0 saturated heterocycles. The highest BCUT2D eigenvalue weighted by atomic mass is 35.5. The van der Waals surface area contributed by atoms with E-state index in [9.17, 15) is 5.11 Å². The monoisotopic (exact) mass is 305 g/mol. The molecule has 112 valence electrons. The Morgan fingerprint density at radius 2 is 2.10 bits per heavy atom. The Balaban J connectivity index is 2.16. The second-order valence-corrected chi connectivity index (χ2v) is 6.90. The molecule has 0 radical (unpaired) electrons. The van der Waals surface area contributed by atoms with Gasteiger partial charge in [0.15, 0.2) is 0 Å². The Morgan fingerprint density at radius 3 is 2.81 bits per heavy atom. The fraction of sp³-hybridized carbons (Fsp3) is 0.412. The number of rotatable bonds is 2. The molecule has 0 saturated carbocycles. The van der Waals surface area contributed by atoms with Crippen LogP contribution >= 0.6 is 11.6 Å². The lowest BCUT2D eigenvalue weighted by molar-refractivity contribution is 0.0986. The summed E-state index contributed by atoms with van der Waals surface area (Å²) >= 11 is 6.14. The van der Waals surface area contributed by atoms with Gasteiger partial charge in [-0.3, -0.25) is 0 Å². The average molecular weight is 306 g/mol. The fourth-order valence-electron chi connectivity index (χ4n) is 3.21. The smallest absolute Gasteiger partial charge is 0.142 e. The van der Waals surface area contributed by atoms with Gasteiger partial charge in [0.2, 0.25) is 0 Å². The number of halogens is 1. The highest BCUT2D eigenvalue weighted by Crippen LogP contribution is 2.42. The van der Waals surface area contributed by atoms with Crippen LogP contribution in [0, 0.1) is 5.41 Å². The Morgan fingerprint density at radius 1 is 1.33 bits per heavy atom. The van der Waals surface area contributed by atoms with Gasteiger partial charge in [-0.2, -0.15) is 0 Å². The van der Waals surface area contributed by atoms with Crippen molar-refractivity contribution in [2.45, 2.75) is 32.8 Å². The summed E-state index contributed by atoms with van der Waals surface area (Å²) in [5.41, 5.74) is 3.14. The number of benzene rings is 1. The molecule has 0 aliphatic heterocycles. The third-order valence-corrected chi connectivity index (χ3v) is 4.41. The van der Waals surface area contributed by atoms with Crippen LogP contribution in [0.25, 0.3) is 5.69 Å². The normalized spacial score (nSPS) is 20.1. The maximum atomic E-state index is 10.4. The SMILES string of the molecule is COc1ccc(Cl)cc1-n1ccc2c1CC(C)(C)CC2O. The maximum Gasteiger partial charge on any atom is 0.142 e. The second kappa shape index (κ2) is 5.08. The van der Waals surface area contributed by atoms with E-state index in [-0.39, 0.29) is 5.41 Å². The number of ether oxygens (including phenoxy) is 1. The topological polar surface area (TPSA) is 34.4 Å². The van der Waals surface area contributed by atoms with E-state index >= 15 is 0 Å². The maximum absolute atomic E-state index is 10.4. The number of hydrogen-bond donors (Lipinski definition) is 1. The largest absolute Gasteiger partial charge is 0.495 e. The summed E-state index contributed by atoms with van der Waals surface area (Å²) in [4.78, 5) is 0. The van der Waals surface area contributed by atoms with Crippen LogP contribution < -0.4 is 4.74 Å². The van der Waals surface area contributed by atoms with Crippen molar-refractivity contribution in [1.82, 2.24) is 4.57 Å². The number of fused-ring (bicyclic) bond motifs is 1. The number of aromatic nitrogens is 1. The van der Waals surface area contributed by atoms with Crippen LogP contribution in [0.4, 0.5) is 0 Å². The van der Waals surface area contributed by atoms with Crippen molar-refractivity contribution in [1.29, 1.82) is 0 Å². The van der Waals surface area contributed by atoms with Gasteiger partial charge in [-0.15, -0.1) is 0 Å². The molecule has 1 aliphatic carbocycles. The third kappa shape index (κ3) is 2.56. The van der Waals surface area contributed by atoms with Crippen molar-refractivity contribution in [2.75, 3.05) is 7.11 Å². The lowest BCUT2D eigenvalue weighted by atomic mass is 9.75. The van der Waals surface area contributed by atoms with Gasteiger partial charge < -0.3 is 14.4 Å². The van der Waals surface area contributed by atoms with Crippen molar-refractivity contribution in [3.63, 3.8) is 0 Å². The van der Waals surface area contributed by atoms with Crippen LogP contribution in [0.2, 0.25) is 5.02 Å². The van der Waals surface area contributed by atoms with Gasteiger partial charge in [0.1, 0.15) is 5.75 Å². The van der Waals surface area contributed by atoms with Gasteiger partial charge >= 0.3 is 0 Å². The van der Waals surface area contributed by atoms with Gasteiger partial charge in [0, 0.05) is 22.5 Å². The van der Waals surface area contributed by atoms with E-state index < -0.39 is 6.10 Å². The van der Waals surface area contributed by atoms with Crippen LogP contribution in [0.15, 0.2) is 30.5 Å². The molecule has 0 fully saturated rings. The Kier molecular flexibility index (Phi) is 3.50. The van der Waals surface area contributed by atoms with Crippen molar-refractivity contribution in [3.05, 3.63) is 46.7 Å². The van der Waals surface area contributed by atoms with Crippen LogP contribution in [0.3, 0.4) is 0 Å². The molecule has 3 rings (SSSR count). The first-order valence-corrected chi connectivity index (χ1v) is 7.51. The van der Waals surface area contributed by atoms with E-state index in [1.165, 1.54) is 0 Å². The van der Waals surface area contributed by atoms with Crippen LogP contribution in [-0.4, -0.2) is 16.8 Å². The van der Waals surface area contributed by atoms with Gasteiger partial charge in [-0.05, 0) is 42.5 Å². The number of aliphatic hydroxyl groups excluding tert-OH is 1. The predicted molar refractivity (Wildman–Crippen MR) is 84.4 cm³/mol. The molecule has 3 nitrogen and oxygen atoms in total. The minimum Gasteiger partial charge on any atom is -0.495 e. The van der Waals surface area contributed by atoms with Gasteiger partial charge in [-0.1, -0.05) is 25.4 Å². The Hall–Kier alpha value is -1.45.